The largest absolute Gasteiger partial charge is 0.398 e. The van der Waals surface area contributed by atoms with Gasteiger partial charge in [0.15, 0.2) is 0 Å². The number of primary sulfonamides is 1. The van der Waals surface area contributed by atoms with Crippen molar-refractivity contribution in [3.05, 3.63) is 18.2 Å². The highest BCUT2D eigenvalue weighted by molar-refractivity contribution is 7.89. The van der Waals surface area contributed by atoms with Gasteiger partial charge in [-0.1, -0.05) is 12.8 Å². The van der Waals surface area contributed by atoms with E-state index in [0.717, 1.165) is 31.4 Å². The number of aliphatic hydroxyl groups excluding tert-OH is 1. The van der Waals surface area contributed by atoms with Gasteiger partial charge in [0.25, 0.3) is 0 Å². The third kappa shape index (κ3) is 3.05. The number of rotatable bonds is 3. The monoisotopic (exact) mass is 299 g/mol. The van der Waals surface area contributed by atoms with E-state index in [-0.39, 0.29) is 22.7 Å². The van der Waals surface area contributed by atoms with Crippen molar-refractivity contribution in [1.82, 2.24) is 0 Å². The fraction of sp³-hybridized carbons (Fsp3) is 0.538. The van der Waals surface area contributed by atoms with E-state index in [1.54, 1.807) is 12.1 Å². The van der Waals surface area contributed by atoms with E-state index in [1.165, 1.54) is 6.07 Å². The van der Waals surface area contributed by atoms with Crippen LogP contribution in [0.3, 0.4) is 0 Å². The first kappa shape index (κ1) is 15.1. The lowest BCUT2D eigenvalue weighted by atomic mass is 9.91. The molecule has 0 amide bonds. The number of benzene rings is 1. The van der Waals surface area contributed by atoms with Gasteiger partial charge in [-0.3, -0.25) is 0 Å². The van der Waals surface area contributed by atoms with Gasteiger partial charge in [-0.2, -0.15) is 0 Å². The van der Waals surface area contributed by atoms with Gasteiger partial charge in [-0.15, -0.1) is 0 Å². The first-order chi connectivity index (χ1) is 9.30. The van der Waals surface area contributed by atoms with Crippen LogP contribution in [0.1, 0.15) is 25.7 Å². The summed E-state index contributed by atoms with van der Waals surface area (Å²) in [5, 5.41) is 15.2. The first-order valence-corrected chi connectivity index (χ1v) is 8.18. The number of aliphatic hydroxyl groups is 1. The minimum Gasteiger partial charge on any atom is -0.398 e. The van der Waals surface area contributed by atoms with Gasteiger partial charge in [-0.05, 0) is 31.0 Å². The van der Waals surface area contributed by atoms with Crippen LogP contribution < -0.4 is 15.8 Å². The van der Waals surface area contributed by atoms with Crippen LogP contribution in [0.4, 0.5) is 11.4 Å². The first-order valence-electron chi connectivity index (χ1n) is 6.64. The zero-order valence-electron chi connectivity index (χ0n) is 11.5. The van der Waals surface area contributed by atoms with E-state index in [4.69, 9.17) is 10.9 Å². The standard InChI is InChI=1S/C13H21N3O3S/c1-16(11-4-2-3-5-12(11)17)9-6-7-13(10(14)8-9)20(15,18)19/h6-8,11-12,17H,2-5,14H2,1H3,(H2,15,18,19). The topological polar surface area (TPSA) is 110 Å². The molecule has 5 N–H and O–H groups in total. The number of hydrogen-bond acceptors (Lipinski definition) is 5. The van der Waals surface area contributed by atoms with Gasteiger partial charge in [0.2, 0.25) is 10.0 Å². The fourth-order valence-electron chi connectivity index (χ4n) is 2.75. The Morgan fingerprint density at radius 3 is 2.50 bits per heavy atom. The Kier molecular flexibility index (Phi) is 4.22. The molecule has 1 aliphatic carbocycles. The Bertz CT molecular complexity index is 589. The van der Waals surface area contributed by atoms with Crippen LogP contribution >= 0.6 is 0 Å². The van der Waals surface area contributed by atoms with Crippen LogP contribution in [-0.4, -0.2) is 32.7 Å². The van der Waals surface area contributed by atoms with Gasteiger partial charge < -0.3 is 15.7 Å². The molecule has 0 heterocycles. The minimum absolute atomic E-state index is 0.0310. The van der Waals surface area contributed by atoms with Gasteiger partial charge in [0, 0.05) is 12.7 Å². The molecule has 112 valence electrons. The summed E-state index contributed by atoms with van der Waals surface area (Å²) in [6, 6.07) is 4.69. The van der Waals surface area contributed by atoms with Gasteiger partial charge in [0.1, 0.15) is 4.90 Å². The molecule has 2 atom stereocenters. The summed E-state index contributed by atoms with van der Waals surface area (Å²) in [4.78, 5) is 1.88. The van der Waals surface area contributed by atoms with Crippen LogP contribution in [0.2, 0.25) is 0 Å². The highest BCUT2D eigenvalue weighted by Crippen LogP contribution is 2.29. The average molecular weight is 299 g/mol. The average Bonchev–Trinajstić information content (AvgIpc) is 2.37. The van der Waals surface area contributed by atoms with Crippen LogP contribution in [0.5, 0.6) is 0 Å². The maximum absolute atomic E-state index is 11.3. The lowest BCUT2D eigenvalue weighted by Gasteiger charge is -2.36. The molecule has 6 nitrogen and oxygen atoms in total. The second-order valence-electron chi connectivity index (χ2n) is 5.30. The van der Waals surface area contributed by atoms with E-state index >= 15 is 0 Å². The van der Waals surface area contributed by atoms with E-state index in [0.29, 0.717) is 0 Å². The molecule has 1 aromatic carbocycles. The zero-order valence-corrected chi connectivity index (χ0v) is 12.3. The zero-order chi connectivity index (χ0) is 14.9. The third-order valence-corrected chi connectivity index (χ3v) is 4.88. The van der Waals surface area contributed by atoms with Crippen molar-refractivity contribution >= 4 is 21.4 Å². The summed E-state index contributed by atoms with van der Waals surface area (Å²) in [6.45, 7) is 0. The fourth-order valence-corrected chi connectivity index (χ4v) is 3.39. The smallest absolute Gasteiger partial charge is 0.240 e. The van der Waals surface area contributed by atoms with Crippen molar-refractivity contribution in [2.75, 3.05) is 17.7 Å². The molecule has 1 fully saturated rings. The van der Waals surface area contributed by atoms with Crippen molar-refractivity contribution in [2.24, 2.45) is 5.14 Å². The number of likely N-dealkylation sites (N-methyl/N-ethyl adjacent to an activating group) is 1. The molecule has 0 aliphatic heterocycles. The second-order valence-corrected chi connectivity index (χ2v) is 6.83. The van der Waals surface area contributed by atoms with Gasteiger partial charge in [-0.25, -0.2) is 13.6 Å². The Hall–Kier alpha value is -1.31. The molecule has 20 heavy (non-hydrogen) atoms. The number of sulfonamides is 1. The van der Waals surface area contributed by atoms with E-state index in [1.807, 2.05) is 11.9 Å². The molecular formula is C13H21N3O3S. The highest BCUT2D eigenvalue weighted by Gasteiger charge is 2.27. The number of hydrogen-bond donors (Lipinski definition) is 3. The highest BCUT2D eigenvalue weighted by atomic mass is 32.2. The van der Waals surface area contributed by atoms with Crippen molar-refractivity contribution in [3.63, 3.8) is 0 Å². The summed E-state index contributed by atoms with van der Waals surface area (Å²) in [5.41, 5.74) is 6.67. The van der Waals surface area contributed by atoms with Crippen LogP contribution in [0.25, 0.3) is 0 Å². The van der Waals surface area contributed by atoms with Crippen LogP contribution in [0, 0.1) is 0 Å². The molecule has 0 bridgehead atoms. The quantitative estimate of drug-likeness (QED) is 0.710. The molecule has 1 aromatic rings. The van der Waals surface area contributed by atoms with Crippen LogP contribution in [0.15, 0.2) is 23.1 Å². The molecule has 2 unspecified atom stereocenters. The maximum atomic E-state index is 11.3. The van der Waals surface area contributed by atoms with E-state index < -0.39 is 10.0 Å². The predicted octanol–water partition coefficient (Wildman–Crippen LogP) is 0.656. The normalized spacial score (nSPS) is 23.6. The molecule has 0 radical (unpaired) electrons. The molecule has 2 rings (SSSR count). The number of anilines is 2. The molecule has 0 aromatic heterocycles. The molecule has 0 saturated heterocycles. The Morgan fingerprint density at radius 1 is 1.30 bits per heavy atom. The Labute approximate surface area is 119 Å². The number of nitrogens with zero attached hydrogens (tertiary/aromatic N) is 1. The molecule has 0 spiro atoms. The number of nitrogen functional groups attached to an aromatic ring is 1. The van der Waals surface area contributed by atoms with Crippen molar-refractivity contribution in [3.8, 4) is 0 Å². The van der Waals surface area contributed by atoms with Crippen molar-refractivity contribution < 1.29 is 13.5 Å². The van der Waals surface area contributed by atoms with Gasteiger partial charge >= 0.3 is 0 Å². The van der Waals surface area contributed by atoms with E-state index in [2.05, 4.69) is 0 Å². The van der Waals surface area contributed by atoms with Crippen molar-refractivity contribution in [1.29, 1.82) is 0 Å². The SMILES string of the molecule is CN(c1ccc(S(N)(=O)=O)c(N)c1)C1CCCCC1O. The summed E-state index contributed by atoms with van der Waals surface area (Å²) in [5.74, 6) is 0. The second kappa shape index (κ2) is 5.59. The van der Waals surface area contributed by atoms with E-state index in [9.17, 15) is 13.5 Å². The lowest BCUT2D eigenvalue weighted by Crippen LogP contribution is -2.43. The summed E-state index contributed by atoms with van der Waals surface area (Å²) >= 11 is 0. The predicted molar refractivity (Wildman–Crippen MR) is 78.9 cm³/mol. The van der Waals surface area contributed by atoms with Gasteiger partial charge in [0.05, 0.1) is 17.8 Å². The lowest BCUT2D eigenvalue weighted by molar-refractivity contribution is 0.106. The summed E-state index contributed by atoms with van der Waals surface area (Å²) in [7, 11) is -1.92. The maximum Gasteiger partial charge on any atom is 0.240 e. The Morgan fingerprint density at radius 2 is 1.95 bits per heavy atom. The molecule has 1 saturated carbocycles. The summed E-state index contributed by atoms with van der Waals surface area (Å²) < 4.78 is 22.7. The molecule has 1 aliphatic rings. The summed E-state index contributed by atoms with van der Waals surface area (Å²) in [6.07, 6.45) is 3.45. The molecule has 7 heteroatoms. The number of nitrogens with two attached hydrogens (primary N) is 2. The third-order valence-electron chi connectivity index (χ3n) is 3.90. The van der Waals surface area contributed by atoms with Crippen molar-refractivity contribution in [2.45, 2.75) is 42.7 Å². The van der Waals surface area contributed by atoms with Crippen LogP contribution in [-0.2, 0) is 10.0 Å². The Balaban J connectivity index is 2.27. The minimum atomic E-state index is -3.80. The molecular weight excluding hydrogens is 278 g/mol.